The van der Waals surface area contributed by atoms with Crippen LogP contribution in [0.4, 0.5) is 5.69 Å². The second kappa shape index (κ2) is 8.39. The molecule has 148 valence electrons. The number of nitrogens with zero attached hydrogens (tertiary/aromatic N) is 3. The van der Waals surface area contributed by atoms with E-state index in [1.165, 1.54) is 21.8 Å². The van der Waals surface area contributed by atoms with Crippen molar-refractivity contribution in [3.05, 3.63) is 59.0 Å². The number of anilines is 1. The molecule has 5 nitrogen and oxygen atoms in total. The standard InChI is InChI=1S/C22H22N4OS2/c1-4-26-21(17-12-28-19-11-6-5-9-16(17)19)24-25-22(26)29-13-20(27)23-18-10-7-8-14(2)15(18)3/h5-12H,4,13H2,1-3H3,(H,23,27). The fourth-order valence-corrected chi connectivity index (χ4v) is 4.98. The number of aromatic nitrogens is 3. The summed E-state index contributed by atoms with van der Waals surface area (Å²) in [7, 11) is 0. The van der Waals surface area contributed by atoms with Gasteiger partial charge in [-0.3, -0.25) is 4.79 Å². The van der Waals surface area contributed by atoms with E-state index < -0.39 is 0 Å². The lowest BCUT2D eigenvalue weighted by Crippen LogP contribution is -2.15. The molecule has 0 spiro atoms. The molecular weight excluding hydrogens is 400 g/mol. The Bertz CT molecular complexity index is 1180. The van der Waals surface area contributed by atoms with Crippen LogP contribution in [-0.2, 0) is 11.3 Å². The Hall–Kier alpha value is -2.64. The van der Waals surface area contributed by atoms with Crippen LogP contribution in [-0.4, -0.2) is 26.4 Å². The van der Waals surface area contributed by atoms with Crippen LogP contribution < -0.4 is 5.32 Å². The highest BCUT2D eigenvalue weighted by Gasteiger charge is 2.17. The minimum absolute atomic E-state index is 0.0445. The number of amides is 1. The molecule has 29 heavy (non-hydrogen) atoms. The second-order valence-corrected chi connectivity index (χ2v) is 8.63. The highest BCUT2D eigenvalue weighted by Crippen LogP contribution is 2.34. The number of fused-ring (bicyclic) bond motifs is 1. The molecule has 0 aliphatic heterocycles. The highest BCUT2D eigenvalue weighted by molar-refractivity contribution is 7.99. The summed E-state index contributed by atoms with van der Waals surface area (Å²) >= 11 is 3.12. The van der Waals surface area contributed by atoms with Crippen LogP contribution in [0, 0.1) is 13.8 Å². The topological polar surface area (TPSA) is 59.8 Å². The Morgan fingerprint density at radius 3 is 2.79 bits per heavy atom. The Morgan fingerprint density at radius 2 is 1.97 bits per heavy atom. The predicted octanol–water partition coefficient (Wildman–Crippen LogP) is 5.53. The Labute approximate surface area is 178 Å². The van der Waals surface area contributed by atoms with Gasteiger partial charge in [0.15, 0.2) is 11.0 Å². The third kappa shape index (κ3) is 3.93. The van der Waals surface area contributed by atoms with Crippen molar-refractivity contribution in [2.45, 2.75) is 32.5 Å². The van der Waals surface area contributed by atoms with Crippen LogP contribution in [0.5, 0.6) is 0 Å². The van der Waals surface area contributed by atoms with E-state index in [4.69, 9.17) is 0 Å². The molecule has 2 heterocycles. The van der Waals surface area contributed by atoms with Gasteiger partial charge in [-0.25, -0.2) is 0 Å². The molecule has 1 amide bonds. The largest absolute Gasteiger partial charge is 0.325 e. The van der Waals surface area contributed by atoms with Crippen molar-refractivity contribution in [1.82, 2.24) is 14.8 Å². The van der Waals surface area contributed by atoms with Crippen LogP contribution in [0.25, 0.3) is 21.5 Å². The van der Waals surface area contributed by atoms with Gasteiger partial charge in [0, 0.05) is 33.3 Å². The monoisotopic (exact) mass is 422 g/mol. The quantitative estimate of drug-likeness (QED) is 0.415. The zero-order chi connectivity index (χ0) is 20.4. The van der Waals surface area contributed by atoms with Gasteiger partial charge in [-0.15, -0.1) is 21.5 Å². The minimum atomic E-state index is -0.0445. The van der Waals surface area contributed by atoms with Crippen molar-refractivity contribution in [2.24, 2.45) is 0 Å². The molecule has 0 aliphatic rings. The van der Waals surface area contributed by atoms with E-state index in [1.54, 1.807) is 11.3 Å². The average molecular weight is 423 g/mol. The normalized spacial score (nSPS) is 11.1. The zero-order valence-corrected chi connectivity index (χ0v) is 18.2. The van der Waals surface area contributed by atoms with Gasteiger partial charge >= 0.3 is 0 Å². The van der Waals surface area contributed by atoms with Gasteiger partial charge in [-0.1, -0.05) is 42.1 Å². The van der Waals surface area contributed by atoms with E-state index in [1.807, 2.05) is 44.2 Å². The molecule has 0 atom stereocenters. The molecular formula is C22H22N4OS2. The molecule has 0 saturated carbocycles. The molecule has 0 aliphatic carbocycles. The summed E-state index contributed by atoms with van der Waals surface area (Å²) in [6, 6.07) is 14.2. The number of rotatable bonds is 6. The van der Waals surface area contributed by atoms with E-state index in [0.717, 1.165) is 39.9 Å². The van der Waals surface area contributed by atoms with Crippen LogP contribution in [0.1, 0.15) is 18.1 Å². The first-order valence-electron chi connectivity index (χ1n) is 9.47. The summed E-state index contributed by atoms with van der Waals surface area (Å²) in [4.78, 5) is 12.5. The lowest BCUT2D eigenvalue weighted by atomic mass is 10.1. The van der Waals surface area contributed by atoms with Gasteiger partial charge in [-0.2, -0.15) is 0 Å². The third-order valence-corrected chi connectivity index (χ3v) is 6.90. The Kier molecular flexibility index (Phi) is 5.69. The molecule has 4 aromatic rings. The summed E-state index contributed by atoms with van der Waals surface area (Å²) in [5.41, 5.74) is 4.20. The van der Waals surface area contributed by atoms with Gasteiger partial charge in [0.05, 0.1) is 5.75 Å². The molecule has 1 N–H and O–H groups in total. The van der Waals surface area contributed by atoms with E-state index in [-0.39, 0.29) is 11.7 Å². The number of carbonyl (C=O) groups is 1. The van der Waals surface area contributed by atoms with Gasteiger partial charge < -0.3 is 9.88 Å². The number of hydrogen-bond donors (Lipinski definition) is 1. The first-order valence-corrected chi connectivity index (χ1v) is 11.3. The van der Waals surface area contributed by atoms with Crippen LogP contribution >= 0.6 is 23.1 Å². The third-order valence-electron chi connectivity index (χ3n) is 4.97. The van der Waals surface area contributed by atoms with Crippen LogP contribution in [0.3, 0.4) is 0 Å². The molecule has 0 bridgehead atoms. The van der Waals surface area contributed by atoms with Gasteiger partial charge in [0.1, 0.15) is 0 Å². The summed E-state index contributed by atoms with van der Waals surface area (Å²) in [5, 5.41) is 15.9. The maximum Gasteiger partial charge on any atom is 0.234 e. The predicted molar refractivity (Wildman–Crippen MR) is 122 cm³/mol. The van der Waals surface area contributed by atoms with E-state index >= 15 is 0 Å². The van der Waals surface area contributed by atoms with Crippen molar-refractivity contribution < 1.29 is 4.79 Å². The van der Waals surface area contributed by atoms with E-state index in [2.05, 4.69) is 44.5 Å². The number of thioether (sulfide) groups is 1. The first kappa shape index (κ1) is 19.7. The molecule has 0 saturated heterocycles. The maximum atomic E-state index is 12.5. The van der Waals surface area contributed by atoms with Crippen molar-refractivity contribution in [1.29, 1.82) is 0 Å². The summed E-state index contributed by atoms with van der Waals surface area (Å²) < 4.78 is 3.31. The number of aryl methyl sites for hydroxylation is 1. The number of carbonyl (C=O) groups excluding carboxylic acids is 1. The number of hydrogen-bond acceptors (Lipinski definition) is 5. The fraction of sp³-hybridized carbons (Fsp3) is 0.227. The zero-order valence-electron chi connectivity index (χ0n) is 16.6. The van der Waals surface area contributed by atoms with Crippen LogP contribution in [0.15, 0.2) is 53.0 Å². The van der Waals surface area contributed by atoms with Gasteiger partial charge in [-0.05, 0) is 44.0 Å². The summed E-state index contributed by atoms with van der Waals surface area (Å²) in [6.07, 6.45) is 0. The van der Waals surface area contributed by atoms with Crippen molar-refractivity contribution in [3.63, 3.8) is 0 Å². The molecule has 0 radical (unpaired) electrons. The van der Waals surface area contributed by atoms with Gasteiger partial charge in [0.25, 0.3) is 0 Å². The SMILES string of the molecule is CCn1c(SCC(=O)Nc2cccc(C)c2C)nnc1-c1csc2ccccc12. The summed E-state index contributed by atoms with van der Waals surface area (Å²) in [6.45, 7) is 6.87. The number of benzene rings is 2. The van der Waals surface area contributed by atoms with Crippen molar-refractivity contribution >= 4 is 44.8 Å². The van der Waals surface area contributed by atoms with E-state index in [0.29, 0.717) is 0 Å². The minimum Gasteiger partial charge on any atom is -0.325 e. The molecule has 7 heteroatoms. The Morgan fingerprint density at radius 1 is 1.14 bits per heavy atom. The molecule has 4 rings (SSSR count). The molecule has 0 fully saturated rings. The average Bonchev–Trinajstić information content (AvgIpc) is 3.33. The first-order chi connectivity index (χ1) is 14.1. The van der Waals surface area contributed by atoms with Crippen molar-refractivity contribution in [2.75, 3.05) is 11.1 Å². The lowest BCUT2D eigenvalue weighted by Gasteiger charge is -2.10. The fourth-order valence-electron chi connectivity index (χ4n) is 3.23. The maximum absolute atomic E-state index is 12.5. The summed E-state index contributed by atoms with van der Waals surface area (Å²) in [5.74, 6) is 1.09. The second-order valence-electron chi connectivity index (χ2n) is 6.78. The van der Waals surface area contributed by atoms with E-state index in [9.17, 15) is 4.79 Å². The van der Waals surface area contributed by atoms with Crippen molar-refractivity contribution in [3.8, 4) is 11.4 Å². The molecule has 2 aromatic heterocycles. The molecule has 0 unspecified atom stereocenters. The number of thiophene rings is 1. The van der Waals surface area contributed by atoms with Crippen LogP contribution in [0.2, 0.25) is 0 Å². The van der Waals surface area contributed by atoms with Gasteiger partial charge in [0.2, 0.25) is 5.91 Å². The lowest BCUT2D eigenvalue weighted by molar-refractivity contribution is -0.113. The number of nitrogens with one attached hydrogen (secondary N) is 1. The highest BCUT2D eigenvalue weighted by atomic mass is 32.2. The smallest absolute Gasteiger partial charge is 0.234 e. The Balaban J connectivity index is 1.51. The molecule has 2 aromatic carbocycles.